The molecular weight excluding hydrogens is 429 g/mol. The largest absolute Gasteiger partial charge is 0.368 e. The third-order valence-electron chi connectivity index (χ3n) is 5.69. The van der Waals surface area contributed by atoms with Gasteiger partial charge in [0.05, 0.1) is 5.71 Å². The molecule has 1 aromatic heterocycles. The van der Waals surface area contributed by atoms with Crippen LogP contribution in [-0.2, 0) is 4.79 Å². The fourth-order valence-corrected chi connectivity index (χ4v) is 3.80. The number of rotatable bonds is 10. The topological polar surface area (TPSA) is 69.6 Å². The number of allylic oxidation sites excluding steroid dienone is 3. The predicted molar refractivity (Wildman–Crippen MR) is 141 cm³/mol. The van der Waals surface area contributed by atoms with E-state index in [-0.39, 0.29) is 24.5 Å². The summed E-state index contributed by atoms with van der Waals surface area (Å²) < 4.78 is 12.6. The molecule has 1 saturated heterocycles. The normalized spacial score (nSPS) is 17.2. The molecule has 1 fully saturated rings. The Morgan fingerprint density at radius 2 is 2.03 bits per heavy atom. The second-order valence-corrected chi connectivity index (χ2v) is 8.62. The van der Waals surface area contributed by atoms with Gasteiger partial charge in [0.2, 0.25) is 5.91 Å². The van der Waals surface area contributed by atoms with Crippen molar-refractivity contribution < 1.29 is 9.18 Å². The maximum absolute atomic E-state index is 12.8. The van der Waals surface area contributed by atoms with Crippen LogP contribution < -0.4 is 21.1 Å². The van der Waals surface area contributed by atoms with E-state index in [0.29, 0.717) is 23.6 Å². The first kappa shape index (κ1) is 27.2. The maximum Gasteiger partial charge on any atom is 0.228 e. The van der Waals surface area contributed by atoms with Gasteiger partial charge in [-0.25, -0.2) is 14.4 Å². The molecule has 0 aliphatic carbocycles. The minimum absolute atomic E-state index is 0.0452. The summed E-state index contributed by atoms with van der Waals surface area (Å²) in [5.74, 6) is 1.11. The Kier molecular flexibility index (Phi) is 10.9. The van der Waals surface area contributed by atoms with Crippen LogP contribution >= 0.6 is 0 Å². The molecule has 1 aliphatic heterocycles. The first-order valence-corrected chi connectivity index (χ1v) is 11.9. The molecule has 0 atom stereocenters. The molecule has 0 spiro atoms. The molecule has 0 saturated carbocycles. The fourth-order valence-electron chi connectivity index (χ4n) is 3.80. The highest BCUT2D eigenvalue weighted by molar-refractivity contribution is 6.13. The zero-order valence-corrected chi connectivity index (χ0v) is 20.9. The second-order valence-electron chi connectivity index (χ2n) is 8.62. The van der Waals surface area contributed by atoms with Crippen molar-refractivity contribution in [1.82, 2.24) is 15.2 Å². The lowest BCUT2D eigenvalue weighted by atomic mass is 9.96. The van der Waals surface area contributed by atoms with Crippen LogP contribution in [0, 0.1) is 5.92 Å². The Morgan fingerprint density at radius 3 is 2.59 bits per heavy atom. The number of piperidine rings is 1. The smallest absolute Gasteiger partial charge is 0.228 e. The van der Waals surface area contributed by atoms with Gasteiger partial charge in [-0.15, -0.1) is 0 Å². The Bertz CT molecular complexity index is 1050. The molecule has 0 bridgehead atoms. The lowest BCUT2D eigenvalue weighted by molar-refractivity contribution is -0.121. The van der Waals surface area contributed by atoms with E-state index in [1.165, 1.54) is 0 Å². The first-order chi connectivity index (χ1) is 16.3. The third-order valence-corrected chi connectivity index (χ3v) is 5.69. The zero-order chi connectivity index (χ0) is 25.1. The number of nitrogens with one attached hydrogen (secondary N) is 2. The summed E-state index contributed by atoms with van der Waals surface area (Å²) in [7, 11) is 0. The third kappa shape index (κ3) is 8.06. The number of anilines is 1. The van der Waals surface area contributed by atoms with Crippen LogP contribution in [0.5, 0.6) is 0 Å². The minimum atomic E-state index is -0.352. The SMILES string of the molecule is C=C/C(=N\C(=C/C)NC(C)C)C(=C)/C=c1/cc(NC(=O)C2CCN(CCF)CC2)nc/c1=C/C. The summed E-state index contributed by atoms with van der Waals surface area (Å²) in [5.41, 5.74) is 1.36. The standard InChI is InChI=1S/C27H38FN5O/c1-7-21-18-29-26(32-27(34)22-10-13-33(14-11-22)15-12-28)17-23(21)16-20(6)24(8-2)31-25(9-3)30-19(4)5/h7-9,16-19,22,30H,2,6,10-15H2,1,3-5H3,(H,32,34)/b21-7-,23-16-,25-9-,31-24+. The van der Waals surface area contributed by atoms with E-state index in [4.69, 9.17) is 0 Å². The molecule has 1 aliphatic rings. The quantitative estimate of drug-likeness (QED) is 0.518. The van der Waals surface area contributed by atoms with Crippen LogP contribution in [0.3, 0.4) is 0 Å². The molecular formula is C27H38FN5O. The van der Waals surface area contributed by atoms with Gasteiger partial charge in [0.25, 0.3) is 0 Å². The molecule has 0 aromatic carbocycles. The van der Waals surface area contributed by atoms with E-state index >= 15 is 0 Å². The summed E-state index contributed by atoms with van der Waals surface area (Å²) in [6.45, 7) is 17.6. The Balaban J connectivity index is 2.23. The van der Waals surface area contributed by atoms with Crippen molar-refractivity contribution in [3.05, 3.63) is 59.4 Å². The van der Waals surface area contributed by atoms with Crippen LogP contribution in [-0.4, -0.2) is 53.9 Å². The number of likely N-dealkylation sites (tertiary alicyclic amines) is 1. The summed E-state index contributed by atoms with van der Waals surface area (Å²) in [4.78, 5) is 23.9. The van der Waals surface area contributed by atoms with Gasteiger partial charge in [-0.05, 0) is 93.9 Å². The average molecular weight is 468 g/mol. The number of carbonyl (C=O) groups excluding carboxylic acids is 1. The number of hydrogen-bond acceptors (Lipinski definition) is 5. The number of alkyl halides is 1. The predicted octanol–water partition coefficient (Wildman–Crippen LogP) is 3.33. The lowest BCUT2D eigenvalue weighted by Gasteiger charge is -2.30. The number of halogens is 1. The van der Waals surface area contributed by atoms with E-state index in [9.17, 15) is 9.18 Å². The lowest BCUT2D eigenvalue weighted by Crippen LogP contribution is -2.39. The van der Waals surface area contributed by atoms with Crippen molar-refractivity contribution in [2.45, 2.75) is 46.6 Å². The average Bonchev–Trinajstić information content (AvgIpc) is 2.82. The Morgan fingerprint density at radius 1 is 1.32 bits per heavy atom. The highest BCUT2D eigenvalue weighted by Gasteiger charge is 2.25. The number of aromatic nitrogens is 1. The van der Waals surface area contributed by atoms with Crippen molar-refractivity contribution in [3.63, 3.8) is 0 Å². The molecule has 6 nitrogen and oxygen atoms in total. The maximum atomic E-state index is 12.8. The van der Waals surface area contributed by atoms with Crippen molar-refractivity contribution in [3.8, 4) is 0 Å². The molecule has 1 amide bonds. The zero-order valence-electron chi connectivity index (χ0n) is 20.9. The van der Waals surface area contributed by atoms with E-state index in [2.05, 4.69) is 52.5 Å². The molecule has 7 heteroatoms. The first-order valence-electron chi connectivity index (χ1n) is 11.9. The number of pyridine rings is 1. The van der Waals surface area contributed by atoms with Gasteiger partial charge in [-0.3, -0.25) is 4.79 Å². The molecule has 34 heavy (non-hydrogen) atoms. The monoisotopic (exact) mass is 467 g/mol. The highest BCUT2D eigenvalue weighted by atomic mass is 19.1. The van der Waals surface area contributed by atoms with Crippen LogP contribution in [0.2, 0.25) is 0 Å². The second kappa shape index (κ2) is 13.6. The van der Waals surface area contributed by atoms with E-state index in [1.807, 2.05) is 38.1 Å². The van der Waals surface area contributed by atoms with Gasteiger partial charge in [0, 0.05) is 24.7 Å². The molecule has 2 rings (SSSR count). The number of carbonyl (C=O) groups is 1. The highest BCUT2D eigenvalue weighted by Crippen LogP contribution is 2.18. The summed E-state index contributed by atoms with van der Waals surface area (Å²) in [6.07, 6.45) is 10.6. The molecule has 0 radical (unpaired) electrons. The molecule has 1 aromatic rings. The number of amides is 1. The number of aliphatic imine (C=N–C) groups is 1. The fraction of sp³-hybridized carbons (Fsp3) is 0.444. The number of hydrogen-bond donors (Lipinski definition) is 2. The molecule has 2 N–H and O–H groups in total. The van der Waals surface area contributed by atoms with Crippen molar-refractivity contribution in [1.29, 1.82) is 0 Å². The minimum Gasteiger partial charge on any atom is -0.368 e. The summed E-state index contributed by atoms with van der Waals surface area (Å²) in [6, 6.07) is 2.10. The van der Waals surface area contributed by atoms with Crippen molar-refractivity contribution in [2.75, 3.05) is 31.6 Å². The number of nitrogens with zero attached hydrogens (tertiary/aromatic N) is 3. The Hall–Kier alpha value is -3.06. The summed E-state index contributed by atoms with van der Waals surface area (Å²) >= 11 is 0. The molecule has 2 heterocycles. The van der Waals surface area contributed by atoms with E-state index < -0.39 is 0 Å². The van der Waals surface area contributed by atoms with Gasteiger partial charge >= 0.3 is 0 Å². The molecule has 0 unspecified atom stereocenters. The van der Waals surface area contributed by atoms with Gasteiger partial charge in [0.15, 0.2) is 0 Å². The van der Waals surface area contributed by atoms with Crippen molar-refractivity contribution >= 4 is 29.6 Å². The van der Waals surface area contributed by atoms with Gasteiger partial charge in [0.1, 0.15) is 18.3 Å². The van der Waals surface area contributed by atoms with Crippen LogP contribution in [0.4, 0.5) is 10.2 Å². The van der Waals surface area contributed by atoms with Gasteiger partial charge in [-0.1, -0.05) is 19.2 Å². The van der Waals surface area contributed by atoms with Crippen molar-refractivity contribution in [2.24, 2.45) is 10.9 Å². The Labute approximate surface area is 202 Å². The van der Waals surface area contributed by atoms with Crippen LogP contribution in [0.15, 0.2) is 54.0 Å². The molecule has 184 valence electrons. The van der Waals surface area contributed by atoms with Crippen LogP contribution in [0.25, 0.3) is 12.2 Å². The van der Waals surface area contributed by atoms with E-state index in [0.717, 1.165) is 42.2 Å². The van der Waals surface area contributed by atoms with Gasteiger partial charge in [-0.2, -0.15) is 0 Å². The summed E-state index contributed by atoms with van der Waals surface area (Å²) in [5, 5.41) is 8.05. The van der Waals surface area contributed by atoms with E-state index in [1.54, 1.807) is 12.3 Å². The van der Waals surface area contributed by atoms with Crippen LogP contribution in [0.1, 0.15) is 40.5 Å². The van der Waals surface area contributed by atoms with Gasteiger partial charge < -0.3 is 15.5 Å².